The zero-order valence-corrected chi connectivity index (χ0v) is 24.5. The largest absolute Gasteiger partial charge is 0.408 e. The number of hydrogen-bond acceptors (Lipinski definition) is 3. The summed E-state index contributed by atoms with van der Waals surface area (Å²) < 4.78 is 20.6. The van der Waals surface area contributed by atoms with Gasteiger partial charge < -0.3 is 13.6 Å². The summed E-state index contributed by atoms with van der Waals surface area (Å²) in [4.78, 5) is 0. The highest BCUT2D eigenvalue weighted by Gasteiger charge is 2.71. The summed E-state index contributed by atoms with van der Waals surface area (Å²) in [5, 5.41) is 5.22. The molecule has 196 valence electrons. The van der Waals surface area contributed by atoms with Crippen molar-refractivity contribution in [3.05, 3.63) is 121 Å². The average Bonchev–Trinajstić information content (AvgIpc) is 3.01. The second-order valence-electron chi connectivity index (χ2n) is 9.89. The van der Waals surface area contributed by atoms with Crippen LogP contribution < -0.4 is 20.7 Å². The molecule has 0 spiro atoms. The first-order valence-electron chi connectivity index (χ1n) is 13.8. The Labute approximate surface area is 229 Å². The van der Waals surface area contributed by atoms with Crippen LogP contribution in [0.4, 0.5) is 0 Å². The van der Waals surface area contributed by atoms with E-state index in [9.17, 15) is 0 Å². The fourth-order valence-electron chi connectivity index (χ4n) is 6.84. The van der Waals surface area contributed by atoms with Crippen molar-refractivity contribution >= 4 is 37.4 Å². The fraction of sp³-hybridized carbons (Fsp3) is 0.273. The Balaban J connectivity index is 1.97. The summed E-state index contributed by atoms with van der Waals surface area (Å²) in [5.41, 5.74) is 0. The van der Waals surface area contributed by atoms with Crippen LogP contribution in [-0.2, 0) is 13.6 Å². The van der Waals surface area contributed by atoms with E-state index in [1.54, 1.807) is 0 Å². The van der Waals surface area contributed by atoms with Crippen LogP contribution in [0.1, 0.15) is 26.7 Å². The van der Waals surface area contributed by atoms with Crippen molar-refractivity contribution in [1.82, 2.24) is 0 Å². The highest BCUT2D eigenvalue weighted by Crippen LogP contribution is 2.54. The Morgan fingerprint density at radius 3 is 1.08 bits per heavy atom. The van der Waals surface area contributed by atoms with E-state index in [0.717, 1.165) is 12.8 Å². The molecule has 5 rings (SSSR count). The van der Waals surface area contributed by atoms with Crippen LogP contribution in [0.2, 0.25) is 4.66 Å². The Hall–Kier alpha value is -2.81. The van der Waals surface area contributed by atoms with Crippen LogP contribution in [0.3, 0.4) is 0 Å². The Kier molecular flexibility index (Phi) is 8.41. The molecule has 0 atom stereocenters. The van der Waals surface area contributed by atoms with E-state index in [2.05, 4.69) is 135 Å². The van der Waals surface area contributed by atoms with Crippen molar-refractivity contribution in [1.29, 1.82) is 0 Å². The lowest BCUT2D eigenvalue weighted by atomic mass is 10.2. The van der Waals surface area contributed by atoms with Gasteiger partial charge in [0.05, 0.1) is 0 Å². The van der Waals surface area contributed by atoms with Gasteiger partial charge in [-0.25, -0.2) is 0 Å². The summed E-state index contributed by atoms with van der Waals surface area (Å²) in [7, 11) is -5.96. The number of benzene rings is 4. The smallest absolute Gasteiger partial charge is 0.262 e. The predicted molar refractivity (Wildman–Crippen MR) is 162 cm³/mol. The standard InChI is InChI=1S/C33H38O3Si2/c1-3-35-37(29-17-9-5-10-18-29,30-19-11-6-12-20-30)33(25-27-34-28-26-33)38(36-4-2,31-21-13-7-14-22-31)32-23-15-8-16-24-32/h5-24H,3-4,25-28H2,1-2H3. The minimum absolute atomic E-state index is 0.268. The van der Waals surface area contributed by atoms with Crippen LogP contribution in [0.5, 0.6) is 0 Å². The van der Waals surface area contributed by atoms with Gasteiger partial charge in [-0.15, -0.1) is 0 Å². The first-order valence-corrected chi connectivity index (χ1v) is 17.6. The lowest BCUT2D eigenvalue weighted by Crippen LogP contribution is -2.83. The SMILES string of the molecule is CCO[Si](c1ccccc1)(c1ccccc1)C1([Si](OCC)(c2ccccc2)c2ccccc2)CCOCC1. The third kappa shape index (κ3) is 4.32. The zero-order chi connectivity index (χ0) is 26.3. The summed E-state index contributed by atoms with van der Waals surface area (Å²) >= 11 is 0. The molecule has 0 N–H and O–H groups in total. The van der Waals surface area contributed by atoms with E-state index in [0.29, 0.717) is 26.4 Å². The van der Waals surface area contributed by atoms with E-state index in [-0.39, 0.29) is 4.66 Å². The minimum atomic E-state index is -2.98. The molecular weight excluding hydrogens is 501 g/mol. The van der Waals surface area contributed by atoms with E-state index in [1.807, 2.05) is 0 Å². The van der Waals surface area contributed by atoms with Crippen LogP contribution in [0.25, 0.3) is 0 Å². The maximum absolute atomic E-state index is 7.38. The molecular formula is C33H38O3Si2. The maximum Gasteiger partial charge on any atom is 0.262 e. The quantitative estimate of drug-likeness (QED) is 0.275. The third-order valence-corrected chi connectivity index (χ3v) is 20.0. The van der Waals surface area contributed by atoms with Gasteiger partial charge >= 0.3 is 0 Å². The highest BCUT2D eigenvalue weighted by atomic mass is 28.4. The molecule has 1 aliphatic rings. The van der Waals surface area contributed by atoms with Gasteiger partial charge in [-0.1, -0.05) is 121 Å². The summed E-state index contributed by atoms with van der Waals surface area (Å²) in [6.07, 6.45) is 1.78. The Bertz CT molecular complexity index is 1090. The normalized spacial score (nSPS) is 15.7. The van der Waals surface area contributed by atoms with E-state index in [1.165, 1.54) is 20.7 Å². The minimum Gasteiger partial charge on any atom is -0.408 e. The second kappa shape index (κ2) is 11.9. The summed E-state index contributed by atoms with van der Waals surface area (Å²) in [6.45, 7) is 6.97. The lowest BCUT2D eigenvalue weighted by Gasteiger charge is -2.58. The molecule has 1 fully saturated rings. The number of rotatable bonds is 10. The number of hydrogen-bond donors (Lipinski definition) is 0. The number of ether oxygens (including phenoxy) is 1. The summed E-state index contributed by atoms with van der Waals surface area (Å²) in [5.74, 6) is 0. The van der Waals surface area contributed by atoms with Crippen LogP contribution >= 0.6 is 0 Å². The van der Waals surface area contributed by atoms with Gasteiger partial charge in [0, 0.05) is 31.1 Å². The average molecular weight is 539 g/mol. The van der Waals surface area contributed by atoms with Gasteiger partial charge in [-0.2, -0.15) is 0 Å². The molecule has 0 saturated carbocycles. The van der Waals surface area contributed by atoms with Crippen LogP contribution in [0.15, 0.2) is 121 Å². The van der Waals surface area contributed by atoms with Gasteiger partial charge in [-0.05, 0) is 47.4 Å². The Morgan fingerprint density at radius 2 is 0.816 bits per heavy atom. The van der Waals surface area contributed by atoms with Gasteiger partial charge in [-0.3, -0.25) is 0 Å². The molecule has 0 amide bonds. The molecule has 5 heteroatoms. The first-order chi connectivity index (χ1) is 18.7. The van der Waals surface area contributed by atoms with Crippen molar-refractivity contribution < 1.29 is 13.6 Å². The van der Waals surface area contributed by atoms with E-state index >= 15 is 0 Å². The lowest BCUT2D eigenvalue weighted by molar-refractivity contribution is 0.0765. The van der Waals surface area contributed by atoms with Gasteiger partial charge in [0.2, 0.25) is 0 Å². The molecule has 0 bridgehead atoms. The molecule has 1 saturated heterocycles. The molecule has 0 aromatic heterocycles. The van der Waals surface area contributed by atoms with Crippen molar-refractivity contribution in [2.24, 2.45) is 0 Å². The van der Waals surface area contributed by atoms with Gasteiger partial charge in [0.1, 0.15) is 0 Å². The summed E-state index contributed by atoms with van der Waals surface area (Å²) in [6, 6.07) is 44.2. The molecule has 0 radical (unpaired) electrons. The predicted octanol–water partition coefficient (Wildman–Crippen LogP) is 4.67. The second-order valence-corrected chi connectivity index (χ2v) is 17.9. The molecule has 0 unspecified atom stereocenters. The van der Waals surface area contributed by atoms with Gasteiger partial charge in [0.15, 0.2) is 0 Å². The van der Waals surface area contributed by atoms with Crippen molar-refractivity contribution in [2.75, 3.05) is 26.4 Å². The topological polar surface area (TPSA) is 27.7 Å². The van der Waals surface area contributed by atoms with E-state index < -0.39 is 16.6 Å². The van der Waals surface area contributed by atoms with Crippen LogP contribution in [-0.4, -0.2) is 43.1 Å². The van der Waals surface area contributed by atoms with Crippen LogP contribution in [0, 0.1) is 0 Å². The van der Waals surface area contributed by atoms with Crippen molar-refractivity contribution in [3.8, 4) is 0 Å². The molecule has 3 nitrogen and oxygen atoms in total. The Morgan fingerprint density at radius 1 is 0.526 bits per heavy atom. The molecule has 4 aromatic carbocycles. The third-order valence-electron chi connectivity index (χ3n) is 8.14. The first kappa shape index (κ1) is 26.8. The van der Waals surface area contributed by atoms with E-state index in [4.69, 9.17) is 13.6 Å². The van der Waals surface area contributed by atoms with Crippen molar-refractivity contribution in [2.45, 2.75) is 31.4 Å². The molecule has 4 aromatic rings. The molecule has 1 aliphatic heterocycles. The molecule has 1 heterocycles. The fourth-order valence-corrected chi connectivity index (χ4v) is 20.4. The monoisotopic (exact) mass is 538 g/mol. The highest BCUT2D eigenvalue weighted by molar-refractivity contribution is 7.16. The molecule has 38 heavy (non-hydrogen) atoms. The van der Waals surface area contributed by atoms with Crippen molar-refractivity contribution in [3.63, 3.8) is 0 Å². The molecule has 0 aliphatic carbocycles. The zero-order valence-electron chi connectivity index (χ0n) is 22.5. The maximum atomic E-state index is 7.38. The van der Waals surface area contributed by atoms with Gasteiger partial charge in [0.25, 0.3) is 16.6 Å².